The van der Waals surface area contributed by atoms with Gasteiger partial charge < -0.3 is 15.2 Å². The van der Waals surface area contributed by atoms with Gasteiger partial charge in [0.05, 0.1) is 6.54 Å². The number of rotatable bonds is 8. The van der Waals surface area contributed by atoms with Crippen LogP contribution in [0, 0.1) is 13.8 Å². The van der Waals surface area contributed by atoms with E-state index < -0.39 is 0 Å². The molecule has 0 saturated heterocycles. The molecule has 2 aromatic heterocycles. The van der Waals surface area contributed by atoms with Gasteiger partial charge in [-0.3, -0.25) is 0 Å². The molecule has 0 aromatic carbocycles. The lowest BCUT2D eigenvalue weighted by Crippen LogP contribution is -2.37. The molecule has 0 atom stereocenters. The van der Waals surface area contributed by atoms with Crippen molar-refractivity contribution < 1.29 is 0 Å². The van der Waals surface area contributed by atoms with Gasteiger partial charge in [0.1, 0.15) is 10.8 Å². The van der Waals surface area contributed by atoms with Crippen molar-refractivity contribution in [3.8, 4) is 0 Å². The number of nitrogens with zero attached hydrogens (tertiary/aromatic N) is 4. The Morgan fingerprint density at radius 3 is 2.71 bits per heavy atom. The van der Waals surface area contributed by atoms with Crippen LogP contribution in [-0.4, -0.2) is 33.6 Å². The van der Waals surface area contributed by atoms with E-state index in [1.54, 1.807) is 11.3 Å². The zero-order valence-corrected chi connectivity index (χ0v) is 17.7. The first-order valence-electron chi connectivity index (χ1n) is 8.10. The molecule has 0 unspecified atom stereocenters. The first kappa shape index (κ1) is 20.9. The van der Waals surface area contributed by atoms with Crippen molar-refractivity contribution in [2.45, 2.75) is 46.7 Å². The summed E-state index contributed by atoms with van der Waals surface area (Å²) in [6, 6.07) is 0. The fraction of sp³-hybridized carbons (Fsp3) is 0.562. The fourth-order valence-electron chi connectivity index (χ4n) is 2.22. The molecule has 0 fully saturated rings. The number of aryl methyl sites for hydroxylation is 3. The predicted octanol–water partition coefficient (Wildman–Crippen LogP) is 3.11. The molecule has 0 aliphatic carbocycles. The van der Waals surface area contributed by atoms with Gasteiger partial charge in [-0.25, -0.2) is 15.0 Å². The maximum atomic E-state index is 4.59. The molecule has 6 nitrogen and oxygen atoms in total. The van der Waals surface area contributed by atoms with Gasteiger partial charge in [0.15, 0.2) is 5.96 Å². The van der Waals surface area contributed by atoms with Crippen LogP contribution in [0.3, 0.4) is 0 Å². The predicted molar refractivity (Wildman–Crippen MR) is 111 cm³/mol. The van der Waals surface area contributed by atoms with Crippen LogP contribution in [0.2, 0.25) is 0 Å². The van der Waals surface area contributed by atoms with E-state index in [4.69, 9.17) is 0 Å². The molecule has 8 heteroatoms. The lowest BCUT2D eigenvalue weighted by atomic mass is 10.3. The van der Waals surface area contributed by atoms with Gasteiger partial charge in [0, 0.05) is 43.1 Å². The van der Waals surface area contributed by atoms with Crippen molar-refractivity contribution in [3.05, 3.63) is 34.3 Å². The van der Waals surface area contributed by atoms with Crippen molar-refractivity contribution in [3.63, 3.8) is 0 Å². The molecule has 0 saturated carbocycles. The van der Waals surface area contributed by atoms with Gasteiger partial charge in [0.25, 0.3) is 0 Å². The molecule has 0 bridgehead atoms. The molecular weight excluding hydrogens is 435 g/mol. The van der Waals surface area contributed by atoms with Gasteiger partial charge in [-0.15, -0.1) is 35.3 Å². The Kier molecular flexibility index (Phi) is 9.92. The Morgan fingerprint density at radius 2 is 2.08 bits per heavy atom. The fourth-order valence-corrected chi connectivity index (χ4v) is 2.93. The number of imidazole rings is 1. The van der Waals surface area contributed by atoms with Gasteiger partial charge >= 0.3 is 0 Å². The summed E-state index contributed by atoms with van der Waals surface area (Å²) >= 11 is 1.70. The van der Waals surface area contributed by atoms with E-state index in [0.29, 0.717) is 6.54 Å². The zero-order valence-electron chi connectivity index (χ0n) is 14.6. The van der Waals surface area contributed by atoms with Crippen LogP contribution in [-0.2, 0) is 13.1 Å². The van der Waals surface area contributed by atoms with E-state index in [1.807, 2.05) is 25.5 Å². The number of hydrogen-bond donors (Lipinski definition) is 2. The minimum absolute atomic E-state index is 0. The van der Waals surface area contributed by atoms with Gasteiger partial charge in [0.2, 0.25) is 0 Å². The van der Waals surface area contributed by atoms with E-state index in [0.717, 1.165) is 49.3 Å². The van der Waals surface area contributed by atoms with Crippen LogP contribution in [0.5, 0.6) is 0 Å². The first-order chi connectivity index (χ1) is 11.2. The Balaban J connectivity index is 0.00000288. The quantitative estimate of drug-likeness (QED) is 0.274. The first-order valence-corrected chi connectivity index (χ1v) is 8.92. The second-order valence-electron chi connectivity index (χ2n) is 5.36. The summed E-state index contributed by atoms with van der Waals surface area (Å²) in [7, 11) is 0. The normalized spacial score (nSPS) is 11.2. The topological polar surface area (TPSA) is 67.1 Å². The van der Waals surface area contributed by atoms with Crippen molar-refractivity contribution in [2.24, 2.45) is 4.99 Å². The Bertz CT molecular complexity index is 622. The SMILES string of the molecule is CCNC(=NCc1ncc(C)s1)NCCCCn1ccnc1C.I. The summed E-state index contributed by atoms with van der Waals surface area (Å²) in [5.74, 6) is 1.94. The molecule has 2 N–H and O–H groups in total. The smallest absolute Gasteiger partial charge is 0.191 e. The van der Waals surface area contributed by atoms with Gasteiger partial charge in [-0.05, 0) is 33.6 Å². The molecule has 0 spiro atoms. The summed E-state index contributed by atoms with van der Waals surface area (Å²) in [6.07, 6.45) is 8.00. The van der Waals surface area contributed by atoms with Crippen LogP contribution < -0.4 is 10.6 Å². The zero-order chi connectivity index (χ0) is 16.5. The second-order valence-corrected chi connectivity index (χ2v) is 6.68. The molecule has 0 amide bonds. The summed E-state index contributed by atoms with van der Waals surface area (Å²) < 4.78 is 2.18. The molecule has 2 heterocycles. The highest BCUT2D eigenvalue weighted by Crippen LogP contribution is 2.11. The summed E-state index contributed by atoms with van der Waals surface area (Å²) in [4.78, 5) is 14.4. The van der Waals surface area contributed by atoms with E-state index >= 15 is 0 Å². The van der Waals surface area contributed by atoms with Crippen molar-refractivity contribution in [1.82, 2.24) is 25.2 Å². The average Bonchev–Trinajstić information content (AvgIpc) is 3.13. The molecular formula is C16H27IN6S. The standard InChI is InChI=1S/C16H26N6S.HI/c1-4-17-16(21-12-15-20-11-13(2)23-15)19-7-5-6-9-22-10-8-18-14(22)3;/h8,10-11H,4-7,9,12H2,1-3H3,(H2,17,19,21);1H. The van der Waals surface area contributed by atoms with Crippen LogP contribution >= 0.6 is 35.3 Å². The molecule has 0 aliphatic rings. The number of unbranched alkanes of at least 4 members (excludes halogenated alkanes) is 1. The maximum absolute atomic E-state index is 4.59. The second kappa shape index (κ2) is 11.4. The number of thiazole rings is 1. The Labute approximate surface area is 165 Å². The lowest BCUT2D eigenvalue weighted by Gasteiger charge is -2.11. The van der Waals surface area contributed by atoms with E-state index in [9.17, 15) is 0 Å². The highest BCUT2D eigenvalue weighted by atomic mass is 127. The van der Waals surface area contributed by atoms with Gasteiger partial charge in [-0.2, -0.15) is 0 Å². The van der Waals surface area contributed by atoms with Gasteiger partial charge in [-0.1, -0.05) is 0 Å². The molecule has 2 aromatic rings. The van der Waals surface area contributed by atoms with Crippen LogP contribution in [0.4, 0.5) is 0 Å². The summed E-state index contributed by atoms with van der Waals surface area (Å²) in [6.45, 7) is 9.59. The average molecular weight is 462 g/mol. The van der Waals surface area contributed by atoms with E-state index in [-0.39, 0.29) is 24.0 Å². The molecule has 134 valence electrons. The minimum Gasteiger partial charge on any atom is -0.357 e. The Morgan fingerprint density at radius 1 is 1.25 bits per heavy atom. The molecule has 24 heavy (non-hydrogen) atoms. The van der Waals surface area contributed by atoms with E-state index in [1.165, 1.54) is 4.88 Å². The number of guanidine groups is 1. The summed E-state index contributed by atoms with van der Waals surface area (Å²) in [5, 5.41) is 7.71. The number of nitrogens with one attached hydrogen (secondary N) is 2. The molecule has 0 radical (unpaired) electrons. The van der Waals surface area contributed by atoms with Crippen LogP contribution in [0.1, 0.15) is 35.5 Å². The number of halogens is 1. The third-order valence-electron chi connectivity index (χ3n) is 3.43. The van der Waals surface area contributed by atoms with Crippen molar-refractivity contribution in [1.29, 1.82) is 0 Å². The third kappa shape index (κ3) is 7.16. The lowest BCUT2D eigenvalue weighted by molar-refractivity contribution is 0.588. The number of aliphatic imine (C=N–C) groups is 1. The Hall–Kier alpha value is -1.16. The van der Waals surface area contributed by atoms with Crippen molar-refractivity contribution in [2.75, 3.05) is 13.1 Å². The molecule has 0 aliphatic heterocycles. The largest absolute Gasteiger partial charge is 0.357 e. The highest BCUT2D eigenvalue weighted by molar-refractivity contribution is 14.0. The number of aromatic nitrogens is 3. The maximum Gasteiger partial charge on any atom is 0.191 e. The molecule has 2 rings (SSSR count). The van der Waals surface area contributed by atoms with Crippen molar-refractivity contribution >= 4 is 41.3 Å². The minimum atomic E-state index is 0. The monoisotopic (exact) mass is 462 g/mol. The number of hydrogen-bond acceptors (Lipinski definition) is 4. The van der Waals surface area contributed by atoms with Crippen LogP contribution in [0.25, 0.3) is 0 Å². The van der Waals surface area contributed by atoms with Crippen LogP contribution in [0.15, 0.2) is 23.6 Å². The van der Waals surface area contributed by atoms with E-state index in [2.05, 4.69) is 44.0 Å². The highest BCUT2D eigenvalue weighted by Gasteiger charge is 2.01. The summed E-state index contributed by atoms with van der Waals surface area (Å²) in [5.41, 5.74) is 0. The third-order valence-corrected chi connectivity index (χ3v) is 4.33.